The van der Waals surface area contributed by atoms with Gasteiger partial charge in [-0.05, 0) is 65.1 Å². The minimum atomic E-state index is -0.228. The Morgan fingerprint density at radius 2 is 1.57 bits per heavy atom. The Bertz CT molecular complexity index is 687. The molecule has 0 bridgehead atoms. The first-order valence-corrected chi connectivity index (χ1v) is 7.55. The van der Waals surface area contributed by atoms with E-state index in [1.807, 2.05) is 0 Å². The third-order valence-electron chi connectivity index (χ3n) is 2.64. The van der Waals surface area contributed by atoms with Gasteiger partial charge in [0.2, 0.25) is 5.91 Å². The highest BCUT2D eigenvalue weighted by atomic mass is 127. The van der Waals surface area contributed by atoms with Gasteiger partial charge in [-0.25, -0.2) is 0 Å². The van der Waals surface area contributed by atoms with Crippen molar-refractivity contribution in [3.05, 3.63) is 56.6 Å². The van der Waals surface area contributed by atoms with Gasteiger partial charge in [0.1, 0.15) is 0 Å². The topological polar surface area (TPSA) is 58.2 Å². The van der Waals surface area contributed by atoms with Gasteiger partial charge in [-0.15, -0.1) is 0 Å². The molecule has 0 unspecified atom stereocenters. The van der Waals surface area contributed by atoms with Gasteiger partial charge in [-0.2, -0.15) is 0 Å². The van der Waals surface area contributed by atoms with E-state index in [9.17, 15) is 9.59 Å². The molecule has 0 fully saturated rings. The minimum absolute atomic E-state index is 0.139. The van der Waals surface area contributed by atoms with Gasteiger partial charge < -0.3 is 10.6 Å². The largest absolute Gasteiger partial charge is 0.326 e. The standard InChI is InChI=1S/C15H12ClIN2O2/c1-9(20)18-11-3-5-12(6-4-11)19-15(21)13-8-10(16)2-7-14(13)17/h2-8H,1H3,(H,18,20)(H,19,21). The van der Waals surface area contributed by atoms with Crippen molar-refractivity contribution in [2.75, 3.05) is 10.6 Å². The molecule has 2 amide bonds. The summed E-state index contributed by atoms with van der Waals surface area (Å²) in [5.74, 6) is -0.366. The zero-order chi connectivity index (χ0) is 15.4. The molecular formula is C15H12ClIN2O2. The van der Waals surface area contributed by atoms with Crippen LogP contribution in [0.1, 0.15) is 17.3 Å². The number of carbonyl (C=O) groups excluding carboxylic acids is 2. The predicted molar refractivity (Wildman–Crippen MR) is 92.9 cm³/mol. The van der Waals surface area contributed by atoms with Crippen molar-refractivity contribution in [2.45, 2.75) is 6.92 Å². The molecule has 4 nitrogen and oxygen atoms in total. The van der Waals surface area contributed by atoms with Gasteiger partial charge in [0, 0.05) is 26.9 Å². The van der Waals surface area contributed by atoms with Crippen LogP contribution in [0.15, 0.2) is 42.5 Å². The molecule has 2 aromatic rings. The second-order valence-corrected chi connectivity index (χ2v) is 5.94. The summed E-state index contributed by atoms with van der Waals surface area (Å²) in [6.07, 6.45) is 0. The molecular weight excluding hydrogens is 403 g/mol. The van der Waals surface area contributed by atoms with Crippen molar-refractivity contribution in [3.63, 3.8) is 0 Å². The maximum Gasteiger partial charge on any atom is 0.256 e. The number of hydrogen-bond acceptors (Lipinski definition) is 2. The molecule has 21 heavy (non-hydrogen) atoms. The zero-order valence-corrected chi connectivity index (χ0v) is 14.0. The summed E-state index contributed by atoms with van der Waals surface area (Å²) in [5, 5.41) is 5.97. The average Bonchev–Trinajstić information content (AvgIpc) is 2.43. The molecule has 0 atom stereocenters. The summed E-state index contributed by atoms with van der Waals surface area (Å²) in [5.41, 5.74) is 1.84. The molecule has 2 aromatic carbocycles. The van der Waals surface area contributed by atoms with E-state index in [1.54, 1.807) is 42.5 Å². The van der Waals surface area contributed by atoms with Crippen LogP contribution in [0.4, 0.5) is 11.4 Å². The Hall–Kier alpha value is -1.60. The summed E-state index contributed by atoms with van der Waals surface area (Å²) in [6.45, 7) is 1.44. The highest BCUT2D eigenvalue weighted by molar-refractivity contribution is 14.1. The van der Waals surface area contributed by atoms with Crippen LogP contribution < -0.4 is 10.6 Å². The smallest absolute Gasteiger partial charge is 0.256 e. The zero-order valence-electron chi connectivity index (χ0n) is 11.1. The Morgan fingerprint density at radius 3 is 2.14 bits per heavy atom. The number of nitrogens with one attached hydrogen (secondary N) is 2. The van der Waals surface area contributed by atoms with Crippen molar-refractivity contribution in [3.8, 4) is 0 Å². The highest BCUT2D eigenvalue weighted by Gasteiger charge is 2.11. The lowest BCUT2D eigenvalue weighted by atomic mass is 10.2. The first kappa shape index (κ1) is 15.8. The maximum atomic E-state index is 12.2. The normalized spacial score (nSPS) is 10.0. The fourth-order valence-corrected chi connectivity index (χ4v) is 2.46. The SMILES string of the molecule is CC(=O)Nc1ccc(NC(=O)c2cc(Cl)ccc2I)cc1. The van der Waals surface area contributed by atoms with Crippen LogP contribution in [0.25, 0.3) is 0 Å². The van der Waals surface area contributed by atoms with Crippen LogP contribution in [0, 0.1) is 3.57 Å². The minimum Gasteiger partial charge on any atom is -0.326 e. The summed E-state index contributed by atoms with van der Waals surface area (Å²) in [7, 11) is 0. The molecule has 108 valence electrons. The van der Waals surface area contributed by atoms with Crippen molar-refractivity contribution in [2.24, 2.45) is 0 Å². The molecule has 0 aliphatic heterocycles. The highest BCUT2D eigenvalue weighted by Crippen LogP contribution is 2.20. The van der Waals surface area contributed by atoms with Crippen LogP contribution in [0.3, 0.4) is 0 Å². The third kappa shape index (κ3) is 4.44. The van der Waals surface area contributed by atoms with E-state index in [1.165, 1.54) is 6.92 Å². The number of hydrogen-bond donors (Lipinski definition) is 2. The fraction of sp³-hybridized carbons (Fsp3) is 0.0667. The molecule has 0 heterocycles. The maximum absolute atomic E-state index is 12.2. The molecule has 0 saturated heterocycles. The van der Waals surface area contributed by atoms with E-state index < -0.39 is 0 Å². The lowest BCUT2D eigenvalue weighted by Gasteiger charge is -2.08. The van der Waals surface area contributed by atoms with Crippen LogP contribution in [0.5, 0.6) is 0 Å². The number of anilines is 2. The summed E-state index contributed by atoms with van der Waals surface area (Å²) in [6, 6.07) is 12.0. The molecule has 0 saturated carbocycles. The summed E-state index contributed by atoms with van der Waals surface area (Å²) >= 11 is 8.00. The van der Waals surface area contributed by atoms with Gasteiger partial charge in [-0.1, -0.05) is 11.6 Å². The molecule has 0 aromatic heterocycles. The van der Waals surface area contributed by atoms with Crippen molar-refractivity contribution in [1.82, 2.24) is 0 Å². The number of amides is 2. The van der Waals surface area contributed by atoms with Crippen LogP contribution >= 0.6 is 34.2 Å². The number of rotatable bonds is 3. The molecule has 0 spiro atoms. The van der Waals surface area contributed by atoms with Crippen molar-refractivity contribution >= 4 is 57.4 Å². The number of benzene rings is 2. The monoisotopic (exact) mass is 414 g/mol. The molecule has 0 aliphatic rings. The fourth-order valence-electron chi connectivity index (χ4n) is 1.71. The average molecular weight is 415 g/mol. The second kappa shape index (κ2) is 6.91. The first-order valence-electron chi connectivity index (χ1n) is 6.10. The lowest BCUT2D eigenvalue weighted by molar-refractivity contribution is -0.114. The Labute approximate surface area is 141 Å². The van der Waals surface area contributed by atoms with Gasteiger partial charge in [0.25, 0.3) is 5.91 Å². The first-order chi connectivity index (χ1) is 9.95. The van der Waals surface area contributed by atoms with E-state index in [-0.39, 0.29) is 11.8 Å². The quantitative estimate of drug-likeness (QED) is 0.741. The molecule has 2 N–H and O–H groups in total. The Morgan fingerprint density at radius 1 is 1.00 bits per heavy atom. The van der Waals surface area contributed by atoms with E-state index in [0.29, 0.717) is 22.0 Å². The molecule has 0 aliphatic carbocycles. The van der Waals surface area contributed by atoms with Crippen molar-refractivity contribution in [1.29, 1.82) is 0 Å². The van der Waals surface area contributed by atoms with Crippen LogP contribution in [0.2, 0.25) is 5.02 Å². The van der Waals surface area contributed by atoms with Gasteiger partial charge in [0.05, 0.1) is 5.56 Å². The third-order valence-corrected chi connectivity index (χ3v) is 3.81. The van der Waals surface area contributed by atoms with Crippen LogP contribution in [-0.4, -0.2) is 11.8 Å². The molecule has 2 rings (SSSR count). The Kier molecular flexibility index (Phi) is 5.19. The lowest BCUT2D eigenvalue weighted by Crippen LogP contribution is -2.13. The number of halogens is 2. The van der Waals surface area contributed by atoms with Gasteiger partial charge in [-0.3, -0.25) is 9.59 Å². The second-order valence-electron chi connectivity index (χ2n) is 4.34. The Balaban J connectivity index is 2.12. The molecule has 6 heteroatoms. The van der Waals surface area contributed by atoms with E-state index >= 15 is 0 Å². The van der Waals surface area contributed by atoms with Gasteiger partial charge in [0.15, 0.2) is 0 Å². The number of carbonyl (C=O) groups is 2. The van der Waals surface area contributed by atoms with E-state index in [2.05, 4.69) is 33.2 Å². The van der Waals surface area contributed by atoms with Crippen molar-refractivity contribution < 1.29 is 9.59 Å². The summed E-state index contributed by atoms with van der Waals surface area (Å²) in [4.78, 5) is 23.1. The van der Waals surface area contributed by atoms with Crippen LogP contribution in [-0.2, 0) is 4.79 Å². The molecule has 0 radical (unpaired) electrons. The summed E-state index contributed by atoms with van der Waals surface area (Å²) < 4.78 is 0.823. The van der Waals surface area contributed by atoms with Gasteiger partial charge >= 0.3 is 0 Å². The van der Waals surface area contributed by atoms with E-state index in [0.717, 1.165) is 3.57 Å². The van der Waals surface area contributed by atoms with E-state index in [4.69, 9.17) is 11.6 Å². The predicted octanol–water partition coefficient (Wildman–Crippen LogP) is 4.16.